The molecule has 0 saturated carbocycles. The fourth-order valence-electron chi connectivity index (χ4n) is 3.37. The van der Waals surface area contributed by atoms with E-state index in [2.05, 4.69) is 52.4 Å². The molecule has 0 bridgehead atoms. The second-order valence-corrected chi connectivity index (χ2v) is 8.50. The normalized spacial score (nSPS) is 11.1. The number of alkyl carbamates (subject to hydrolysis) is 1. The van der Waals surface area contributed by atoms with Crippen LogP contribution in [-0.4, -0.2) is 28.0 Å². The Kier molecular flexibility index (Phi) is 13.2. The fourth-order valence-corrected chi connectivity index (χ4v) is 3.50. The molecule has 0 aliphatic heterocycles. The van der Waals surface area contributed by atoms with Crippen molar-refractivity contribution >= 4 is 23.4 Å². The van der Waals surface area contributed by atoms with Crippen LogP contribution in [0.5, 0.6) is 0 Å². The molecule has 6 nitrogen and oxygen atoms in total. The summed E-state index contributed by atoms with van der Waals surface area (Å²) < 4.78 is 7.36. The summed E-state index contributed by atoms with van der Waals surface area (Å²) in [6.07, 6.45) is 4.09. The van der Waals surface area contributed by atoms with E-state index in [-0.39, 0.29) is 11.2 Å². The van der Waals surface area contributed by atoms with Gasteiger partial charge in [-0.1, -0.05) is 70.1 Å². The Morgan fingerprint density at radius 2 is 1.97 bits per heavy atom. The van der Waals surface area contributed by atoms with E-state index in [0.29, 0.717) is 19.1 Å². The van der Waals surface area contributed by atoms with E-state index in [1.54, 1.807) is 6.33 Å². The third kappa shape index (κ3) is 10.7. The van der Waals surface area contributed by atoms with Gasteiger partial charge < -0.3 is 14.6 Å². The first kappa shape index (κ1) is 28.4. The van der Waals surface area contributed by atoms with E-state index < -0.39 is 0 Å². The largest absolute Gasteiger partial charge is 0.450 e. The lowest BCUT2D eigenvalue weighted by atomic mass is 10.0. The highest BCUT2D eigenvalue weighted by molar-refractivity contribution is 6.30. The second-order valence-electron chi connectivity index (χ2n) is 8.06. The van der Waals surface area contributed by atoms with Crippen LogP contribution in [0.15, 0.2) is 47.3 Å². The van der Waals surface area contributed by atoms with Gasteiger partial charge in [0.15, 0.2) is 0 Å². The van der Waals surface area contributed by atoms with Crippen LogP contribution in [0.2, 0.25) is 0 Å². The minimum absolute atomic E-state index is 0.241. The number of carbonyl (C=O) groups excluding carboxylic acids is 1. The molecule has 0 saturated heterocycles. The number of hydrogen-bond donors (Lipinski definition) is 1. The minimum atomic E-state index is -0.386. The number of rotatable bonds is 11. The van der Waals surface area contributed by atoms with Crippen molar-refractivity contribution in [2.24, 2.45) is 10.9 Å². The van der Waals surface area contributed by atoms with Gasteiger partial charge in [-0.15, -0.1) is 0 Å². The van der Waals surface area contributed by atoms with Crippen LogP contribution in [0.4, 0.5) is 4.79 Å². The van der Waals surface area contributed by atoms with Gasteiger partial charge in [0.1, 0.15) is 10.9 Å². The van der Waals surface area contributed by atoms with Crippen LogP contribution in [0, 0.1) is 12.8 Å². The number of ether oxygens (including phenoxy) is 1. The number of unbranched alkanes of at least 4 members (excludes halogenated alkanes) is 1. The van der Waals surface area contributed by atoms with Gasteiger partial charge in [-0.05, 0) is 50.2 Å². The highest BCUT2D eigenvalue weighted by Crippen LogP contribution is 2.12. The molecular weight excluding hydrogens is 436 g/mol. The number of carbonyl (C=O) groups is 1. The number of aromatic nitrogens is 2. The van der Waals surface area contributed by atoms with Crippen LogP contribution in [-0.2, 0) is 24.2 Å². The maximum absolute atomic E-state index is 12.0. The van der Waals surface area contributed by atoms with Gasteiger partial charge in [-0.25, -0.2) is 14.8 Å². The zero-order valence-corrected chi connectivity index (χ0v) is 21.7. The van der Waals surface area contributed by atoms with E-state index >= 15 is 0 Å². The molecule has 33 heavy (non-hydrogen) atoms. The monoisotopic (exact) mass is 474 g/mol. The number of nitrogens with zero attached hydrogens (tertiary/aromatic N) is 3. The molecule has 1 aromatic carbocycles. The summed E-state index contributed by atoms with van der Waals surface area (Å²) in [6, 6.07) is 8.30. The summed E-state index contributed by atoms with van der Waals surface area (Å²) >= 11 is 5.74. The molecule has 0 atom stereocenters. The predicted molar refractivity (Wildman–Crippen MR) is 138 cm³/mol. The Hall–Kier alpha value is -2.60. The summed E-state index contributed by atoms with van der Waals surface area (Å²) in [5.41, 5.74) is 4.95. The quantitative estimate of drug-likeness (QED) is 0.225. The van der Waals surface area contributed by atoms with Crippen LogP contribution in [0.3, 0.4) is 0 Å². The van der Waals surface area contributed by atoms with Crippen molar-refractivity contribution in [3.8, 4) is 0 Å². The third-order valence-corrected chi connectivity index (χ3v) is 4.91. The molecule has 1 aromatic heterocycles. The van der Waals surface area contributed by atoms with Crippen molar-refractivity contribution in [2.45, 2.75) is 73.9 Å². The number of benzene rings is 1. The average Bonchev–Trinajstić information content (AvgIpc) is 3.13. The molecule has 1 amide bonds. The third-order valence-electron chi connectivity index (χ3n) is 4.83. The Balaban J connectivity index is 0.00000265. The average molecular weight is 475 g/mol. The standard InChI is InChI=1S/C24H33ClN4O2.C2H6/c1-17(2)13-21-9-8-10-22(14-21)15-26-24(30)31-12-7-6-11-29-16-27-23(19(29)4)18(3)28-20(5)25;1-2/h8-10,14,16-17H,5-7,11-13,15H2,1-4H3,(H,26,30);1-2H3/b28-18-;. The van der Waals surface area contributed by atoms with E-state index in [0.717, 1.165) is 48.5 Å². The predicted octanol–water partition coefficient (Wildman–Crippen LogP) is 6.64. The van der Waals surface area contributed by atoms with Crippen molar-refractivity contribution < 1.29 is 9.53 Å². The molecule has 1 N–H and O–H groups in total. The lowest BCUT2D eigenvalue weighted by Gasteiger charge is -2.10. The molecule has 7 heteroatoms. The molecule has 0 radical (unpaired) electrons. The van der Waals surface area contributed by atoms with Crippen LogP contribution < -0.4 is 5.32 Å². The molecule has 1 heterocycles. The minimum Gasteiger partial charge on any atom is -0.450 e. The zero-order chi connectivity index (χ0) is 24.8. The van der Waals surface area contributed by atoms with Gasteiger partial charge in [0, 0.05) is 18.8 Å². The second kappa shape index (κ2) is 15.3. The van der Waals surface area contributed by atoms with E-state index in [1.165, 1.54) is 5.56 Å². The van der Waals surface area contributed by atoms with Crippen molar-refractivity contribution in [3.63, 3.8) is 0 Å². The number of amides is 1. The Labute approximate surface area is 204 Å². The summed E-state index contributed by atoms with van der Waals surface area (Å²) in [5, 5.41) is 3.06. The fraction of sp³-hybridized carbons (Fsp3) is 0.500. The van der Waals surface area contributed by atoms with Crippen LogP contribution >= 0.6 is 11.6 Å². The molecule has 2 aromatic rings. The van der Waals surface area contributed by atoms with Crippen LogP contribution in [0.25, 0.3) is 0 Å². The number of nitrogens with one attached hydrogen (secondary N) is 1. The Morgan fingerprint density at radius 1 is 1.27 bits per heavy atom. The van der Waals surface area contributed by atoms with Gasteiger partial charge in [-0.3, -0.25) is 0 Å². The maximum atomic E-state index is 12.0. The van der Waals surface area contributed by atoms with E-state index in [4.69, 9.17) is 16.3 Å². The van der Waals surface area contributed by atoms with Gasteiger partial charge in [0.2, 0.25) is 0 Å². The summed E-state index contributed by atoms with van der Waals surface area (Å²) in [7, 11) is 0. The molecule has 0 spiro atoms. The molecule has 0 aliphatic carbocycles. The zero-order valence-electron chi connectivity index (χ0n) is 20.9. The Bertz CT molecular complexity index is 919. The SMILES string of the molecule is C=C(Cl)/N=C(/C)c1ncn(CCCCOC(=O)NCc2cccc(CC(C)C)c2)c1C.CC. The molecule has 0 fully saturated rings. The topological polar surface area (TPSA) is 68.5 Å². The van der Waals surface area contributed by atoms with Gasteiger partial charge in [-0.2, -0.15) is 0 Å². The van der Waals surface area contributed by atoms with Crippen molar-refractivity contribution in [3.05, 3.63) is 64.8 Å². The van der Waals surface area contributed by atoms with E-state index in [9.17, 15) is 4.79 Å². The number of aliphatic imine (C=N–C) groups is 1. The first-order valence-corrected chi connectivity index (χ1v) is 12.0. The number of aryl methyl sites for hydroxylation is 1. The highest BCUT2D eigenvalue weighted by Gasteiger charge is 2.10. The summed E-state index contributed by atoms with van der Waals surface area (Å²) in [6.45, 7) is 17.5. The maximum Gasteiger partial charge on any atom is 0.407 e. The van der Waals surface area contributed by atoms with Crippen molar-refractivity contribution in [1.29, 1.82) is 0 Å². The molecular formula is C26H39ClN4O2. The van der Waals surface area contributed by atoms with Gasteiger partial charge in [0.25, 0.3) is 0 Å². The lowest BCUT2D eigenvalue weighted by molar-refractivity contribution is 0.143. The highest BCUT2D eigenvalue weighted by atomic mass is 35.5. The first-order valence-electron chi connectivity index (χ1n) is 11.7. The van der Waals surface area contributed by atoms with Gasteiger partial charge >= 0.3 is 6.09 Å². The Morgan fingerprint density at radius 3 is 2.64 bits per heavy atom. The number of halogens is 1. The van der Waals surface area contributed by atoms with Crippen LogP contribution in [0.1, 0.15) is 70.0 Å². The summed E-state index contributed by atoms with van der Waals surface area (Å²) in [4.78, 5) is 20.5. The van der Waals surface area contributed by atoms with Crippen molar-refractivity contribution in [1.82, 2.24) is 14.9 Å². The smallest absolute Gasteiger partial charge is 0.407 e. The number of imidazole rings is 1. The lowest BCUT2D eigenvalue weighted by Crippen LogP contribution is -2.24. The van der Waals surface area contributed by atoms with Crippen molar-refractivity contribution in [2.75, 3.05) is 6.61 Å². The molecule has 0 unspecified atom stereocenters. The number of hydrogen-bond acceptors (Lipinski definition) is 4. The summed E-state index contributed by atoms with van der Waals surface area (Å²) in [5.74, 6) is 0.605. The molecule has 2 rings (SSSR count). The first-order chi connectivity index (χ1) is 15.8. The van der Waals surface area contributed by atoms with E-state index in [1.807, 2.05) is 39.8 Å². The molecule has 182 valence electrons. The van der Waals surface area contributed by atoms with Gasteiger partial charge in [0.05, 0.1) is 18.6 Å². The molecule has 0 aliphatic rings.